The minimum Gasteiger partial charge on any atom is -0.363 e. The summed E-state index contributed by atoms with van der Waals surface area (Å²) in [6.07, 6.45) is 3.63. The molecule has 1 N–H and O–H groups in total. The molecule has 0 saturated carbocycles. The average Bonchev–Trinajstić information content (AvgIpc) is 3.01. The van der Waals surface area contributed by atoms with Crippen LogP contribution in [0.3, 0.4) is 0 Å². The molecule has 2 aromatic rings. The highest BCUT2D eigenvalue weighted by Gasteiger charge is 2.24. The van der Waals surface area contributed by atoms with Gasteiger partial charge in [-0.1, -0.05) is 0 Å². The number of anilines is 2. The number of nitrogens with zero attached hydrogens (tertiary/aromatic N) is 4. The predicted octanol–water partition coefficient (Wildman–Crippen LogP) is 2.31. The van der Waals surface area contributed by atoms with E-state index in [1.54, 1.807) is 6.33 Å². The van der Waals surface area contributed by atoms with Crippen LogP contribution in [-0.2, 0) is 0 Å². The first-order chi connectivity index (χ1) is 11.5. The highest BCUT2D eigenvalue weighted by molar-refractivity contribution is 7.12. The molecule has 1 aliphatic rings. The average molecular weight is 345 g/mol. The maximum absolute atomic E-state index is 12.4. The number of carbonyl (C=O) groups excluding carboxylic acids is 1. The van der Waals surface area contributed by atoms with Crippen LogP contribution in [0.25, 0.3) is 0 Å². The predicted molar refractivity (Wildman–Crippen MR) is 98.1 cm³/mol. The van der Waals surface area contributed by atoms with E-state index in [1.807, 2.05) is 43.4 Å². The fraction of sp³-hybridized carbons (Fsp3) is 0.471. The number of piperidine rings is 1. The lowest BCUT2D eigenvalue weighted by Gasteiger charge is -2.34. The van der Waals surface area contributed by atoms with E-state index in [4.69, 9.17) is 0 Å². The number of rotatable bonds is 4. The normalized spacial score (nSPS) is 17.6. The molecule has 3 rings (SSSR count). The summed E-state index contributed by atoms with van der Waals surface area (Å²) in [7, 11) is 3.93. The van der Waals surface area contributed by atoms with E-state index in [1.165, 1.54) is 11.3 Å². The Morgan fingerprint density at radius 3 is 2.96 bits per heavy atom. The van der Waals surface area contributed by atoms with Gasteiger partial charge >= 0.3 is 0 Å². The van der Waals surface area contributed by atoms with Crippen LogP contribution in [0.15, 0.2) is 23.8 Å². The Hall–Kier alpha value is -2.15. The van der Waals surface area contributed by atoms with Gasteiger partial charge in [0, 0.05) is 39.3 Å². The molecule has 1 fully saturated rings. The zero-order valence-corrected chi connectivity index (χ0v) is 15.1. The second kappa shape index (κ2) is 7.17. The number of amides is 1. The Balaban J connectivity index is 1.67. The van der Waals surface area contributed by atoms with E-state index in [-0.39, 0.29) is 11.9 Å². The van der Waals surface area contributed by atoms with Crippen LogP contribution in [0, 0.1) is 6.92 Å². The van der Waals surface area contributed by atoms with Gasteiger partial charge in [0.2, 0.25) is 0 Å². The third-order valence-corrected chi connectivity index (χ3v) is 5.26. The number of nitrogens with one attached hydrogen (secondary N) is 1. The van der Waals surface area contributed by atoms with E-state index >= 15 is 0 Å². The Morgan fingerprint density at radius 2 is 2.25 bits per heavy atom. The molecule has 0 radical (unpaired) electrons. The molecule has 0 bridgehead atoms. The van der Waals surface area contributed by atoms with Gasteiger partial charge in [-0.2, -0.15) is 0 Å². The molecule has 1 atom stereocenters. The maximum Gasteiger partial charge on any atom is 0.261 e. The van der Waals surface area contributed by atoms with Crippen LogP contribution >= 0.6 is 11.3 Å². The van der Waals surface area contributed by atoms with Crippen molar-refractivity contribution in [2.24, 2.45) is 0 Å². The molecule has 1 saturated heterocycles. The number of hydrogen-bond acceptors (Lipinski definition) is 6. The molecular weight excluding hydrogens is 322 g/mol. The first-order valence-electron chi connectivity index (χ1n) is 8.14. The summed E-state index contributed by atoms with van der Waals surface area (Å²) in [5, 5.41) is 5.13. The summed E-state index contributed by atoms with van der Waals surface area (Å²) in [5.74, 6) is 1.84. The van der Waals surface area contributed by atoms with Gasteiger partial charge in [-0.25, -0.2) is 9.97 Å². The first-order valence-corrected chi connectivity index (χ1v) is 9.02. The monoisotopic (exact) mass is 345 g/mol. The molecular formula is C17H23N5OS. The molecule has 3 heterocycles. The van der Waals surface area contributed by atoms with Crippen LogP contribution in [-0.4, -0.2) is 49.1 Å². The highest BCUT2D eigenvalue weighted by atomic mass is 32.1. The Labute approximate surface area is 146 Å². The smallest absolute Gasteiger partial charge is 0.261 e. The summed E-state index contributed by atoms with van der Waals surface area (Å²) < 4.78 is 0. The van der Waals surface area contributed by atoms with Crippen LogP contribution in [0.1, 0.15) is 28.1 Å². The van der Waals surface area contributed by atoms with E-state index < -0.39 is 0 Å². The number of aryl methyl sites for hydroxylation is 1. The third-order valence-electron chi connectivity index (χ3n) is 4.25. The molecule has 0 spiro atoms. The molecule has 6 nitrogen and oxygen atoms in total. The molecule has 2 aromatic heterocycles. The van der Waals surface area contributed by atoms with Gasteiger partial charge in [0.25, 0.3) is 5.91 Å². The van der Waals surface area contributed by atoms with Crippen molar-refractivity contribution in [2.75, 3.05) is 37.0 Å². The largest absolute Gasteiger partial charge is 0.363 e. The van der Waals surface area contributed by atoms with Gasteiger partial charge in [0.05, 0.1) is 4.88 Å². The lowest BCUT2D eigenvalue weighted by molar-refractivity contribution is 0.0936. The van der Waals surface area contributed by atoms with Gasteiger partial charge < -0.3 is 15.1 Å². The van der Waals surface area contributed by atoms with Gasteiger partial charge in [0.15, 0.2) is 0 Å². The lowest BCUT2D eigenvalue weighted by atomic mass is 10.1. The molecule has 7 heteroatoms. The molecule has 0 aliphatic carbocycles. The van der Waals surface area contributed by atoms with E-state index in [9.17, 15) is 4.79 Å². The molecule has 1 aliphatic heterocycles. The Morgan fingerprint density at radius 1 is 1.42 bits per heavy atom. The fourth-order valence-corrected chi connectivity index (χ4v) is 3.74. The van der Waals surface area contributed by atoms with Crippen molar-refractivity contribution in [1.29, 1.82) is 0 Å². The standard InChI is InChI=1S/C17H23N5OS/c1-12-6-8-24-16(12)17(23)20-13-5-4-7-22(10-13)15-9-14(21(2)3)18-11-19-15/h6,8-9,11,13H,4-5,7,10H2,1-3H3,(H,20,23)/t13-/m0/s1. The zero-order chi connectivity index (χ0) is 17.1. The topological polar surface area (TPSA) is 61.4 Å². The van der Waals surface area contributed by atoms with Crippen molar-refractivity contribution >= 4 is 28.9 Å². The Kier molecular flexibility index (Phi) is 4.99. The third kappa shape index (κ3) is 3.67. The number of carbonyl (C=O) groups is 1. The van der Waals surface area contributed by atoms with Gasteiger partial charge in [-0.15, -0.1) is 11.3 Å². The van der Waals surface area contributed by atoms with Crippen molar-refractivity contribution in [1.82, 2.24) is 15.3 Å². The summed E-state index contributed by atoms with van der Waals surface area (Å²) >= 11 is 1.50. The molecule has 0 aromatic carbocycles. The number of hydrogen-bond donors (Lipinski definition) is 1. The molecule has 0 unspecified atom stereocenters. The van der Waals surface area contributed by atoms with Gasteiger partial charge in [0.1, 0.15) is 18.0 Å². The van der Waals surface area contributed by atoms with E-state index in [2.05, 4.69) is 20.2 Å². The second-order valence-corrected chi connectivity index (χ2v) is 7.24. The summed E-state index contributed by atoms with van der Waals surface area (Å²) in [6, 6.07) is 4.12. The number of aromatic nitrogens is 2. The summed E-state index contributed by atoms with van der Waals surface area (Å²) in [6.45, 7) is 3.70. The molecule has 1 amide bonds. The Bertz CT molecular complexity index is 715. The quantitative estimate of drug-likeness (QED) is 0.921. The summed E-state index contributed by atoms with van der Waals surface area (Å²) in [4.78, 5) is 26.1. The SMILES string of the molecule is Cc1ccsc1C(=O)N[C@H]1CCCN(c2cc(N(C)C)ncn2)C1. The maximum atomic E-state index is 12.4. The second-order valence-electron chi connectivity index (χ2n) is 6.32. The van der Waals surface area contributed by atoms with Crippen molar-refractivity contribution < 1.29 is 4.79 Å². The van der Waals surface area contributed by atoms with Crippen molar-refractivity contribution in [3.8, 4) is 0 Å². The van der Waals surface area contributed by atoms with Crippen molar-refractivity contribution in [2.45, 2.75) is 25.8 Å². The lowest BCUT2D eigenvalue weighted by Crippen LogP contribution is -2.48. The van der Waals surface area contributed by atoms with Gasteiger partial charge in [-0.3, -0.25) is 4.79 Å². The van der Waals surface area contributed by atoms with Crippen molar-refractivity contribution in [3.05, 3.63) is 34.3 Å². The van der Waals surface area contributed by atoms with Gasteiger partial charge in [-0.05, 0) is 36.8 Å². The number of thiophene rings is 1. The molecule has 24 heavy (non-hydrogen) atoms. The minimum atomic E-state index is 0.0334. The highest BCUT2D eigenvalue weighted by Crippen LogP contribution is 2.21. The molecule has 128 valence electrons. The van der Waals surface area contributed by atoms with Crippen LogP contribution < -0.4 is 15.1 Å². The van der Waals surface area contributed by atoms with Crippen LogP contribution in [0.5, 0.6) is 0 Å². The summed E-state index contributed by atoms with van der Waals surface area (Å²) in [5.41, 5.74) is 1.04. The van der Waals surface area contributed by atoms with E-state index in [0.29, 0.717) is 0 Å². The zero-order valence-electron chi connectivity index (χ0n) is 14.3. The first kappa shape index (κ1) is 16.7. The van der Waals surface area contributed by atoms with Crippen LogP contribution in [0.4, 0.5) is 11.6 Å². The minimum absolute atomic E-state index is 0.0334. The fourth-order valence-electron chi connectivity index (χ4n) is 2.91. The van der Waals surface area contributed by atoms with E-state index in [0.717, 1.165) is 48.0 Å². The van der Waals surface area contributed by atoms with Crippen molar-refractivity contribution in [3.63, 3.8) is 0 Å². The van der Waals surface area contributed by atoms with Crippen LogP contribution in [0.2, 0.25) is 0 Å².